The second-order valence-electron chi connectivity index (χ2n) is 3.94. The van der Waals surface area contributed by atoms with Crippen molar-refractivity contribution in [1.29, 1.82) is 0 Å². The Morgan fingerprint density at radius 2 is 2.33 bits per heavy atom. The molecule has 3 rings (SSSR count). The van der Waals surface area contributed by atoms with Crippen LogP contribution in [0.15, 0.2) is 39.6 Å². The van der Waals surface area contributed by atoms with E-state index in [1.165, 1.54) is 17.4 Å². The number of hydrogen-bond acceptors (Lipinski definition) is 4. The van der Waals surface area contributed by atoms with E-state index in [4.69, 9.17) is 4.42 Å². The molecule has 18 heavy (non-hydrogen) atoms. The molecule has 2 aromatic heterocycles. The molecule has 1 N–H and O–H groups in total. The van der Waals surface area contributed by atoms with Gasteiger partial charge in [-0.15, -0.1) is 11.3 Å². The number of nitrogens with zero attached hydrogens (tertiary/aromatic N) is 1. The zero-order valence-electron chi connectivity index (χ0n) is 9.68. The highest BCUT2D eigenvalue weighted by atomic mass is 32.1. The Bertz CT molecular complexity index is 663. The monoisotopic (exact) mass is 262 g/mol. The van der Waals surface area contributed by atoms with Crippen LogP contribution in [0, 0.1) is 5.82 Å². The third kappa shape index (κ3) is 1.81. The number of thiazole rings is 1. The Morgan fingerprint density at radius 1 is 1.44 bits per heavy atom. The minimum atomic E-state index is -0.341. The molecule has 0 aliphatic carbocycles. The van der Waals surface area contributed by atoms with Crippen molar-refractivity contribution in [3.63, 3.8) is 0 Å². The van der Waals surface area contributed by atoms with Crippen LogP contribution in [0.1, 0.15) is 17.5 Å². The SMILES string of the molecule is CNC(c1cscn1)c1cc2cccc(F)c2o1. The number of halogens is 1. The lowest BCUT2D eigenvalue weighted by molar-refractivity contribution is 0.473. The number of benzene rings is 1. The van der Waals surface area contributed by atoms with Crippen LogP contribution in [0.5, 0.6) is 0 Å². The van der Waals surface area contributed by atoms with Gasteiger partial charge in [0.25, 0.3) is 0 Å². The van der Waals surface area contributed by atoms with Gasteiger partial charge in [0.15, 0.2) is 11.4 Å². The molecular weight excluding hydrogens is 251 g/mol. The Hall–Kier alpha value is -1.72. The number of nitrogens with one attached hydrogen (secondary N) is 1. The van der Waals surface area contributed by atoms with Crippen molar-refractivity contribution in [2.45, 2.75) is 6.04 Å². The molecule has 92 valence electrons. The minimum absolute atomic E-state index is 0.150. The predicted octanol–water partition coefficient (Wildman–Crippen LogP) is 3.34. The fourth-order valence-corrected chi connectivity index (χ4v) is 2.57. The quantitative estimate of drug-likeness (QED) is 0.786. The van der Waals surface area contributed by atoms with E-state index in [2.05, 4.69) is 10.3 Å². The summed E-state index contributed by atoms with van der Waals surface area (Å²) in [5.74, 6) is 0.329. The standard InChI is InChI=1S/C13H11FN2OS/c1-15-12(10-6-18-7-16-10)11-5-8-3-2-4-9(14)13(8)17-11/h2-7,12,15H,1H3. The molecule has 2 heterocycles. The second kappa shape index (κ2) is 4.51. The minimum Gasteiger partial charge on any atom is -0.456 e. The Labute approximate surface area is 107 Å². The van der Waals surface area contributed by atoms with Gasteiger partial charge < -0.3 is 9.73 Å². The lowest BCUT2D eigenvalue weighted by Crippen LogP contribution is -2.17. The highest BCUT2D eigenvalue weighted by Gasteiger charge is 2.19. The summed E-state index contributed by atoms with van der Waals surface area (Å²) in [6.07, 6.45) is 0. The summed E-state index contributed by atoms with van der Waals surface area (Å²) in [5, 5.41) is 5.84. The van der Waals surface area contributed by atoms with Gasteiger partial charge in [-0.2, -0.15) is 0 Å². The zero-order chi connectivity index (χ0) is 12.5. The summed E-state index contributed by atoms with van der Waals surface area (Å²) in [4.78, 5) is 4.26. The van der Waals surface area contributed by atoms with Crippen LogP contribution in [0.4, 0.5) is 4.39 Å². The Balaban J connectivity index is 2.11. The van der Waals surface area contributed by atoms with E-state index >= 15 is 0 Å². The summed E-state index contributed by atoms with van der Waals surface area (Å²) in [6, 6.07) is 6.60. The smallest absolute Gasteiger partial charge is 0.169 e. The largest absolute Gasteiger partial charge is 0.456 e. The van der Waals surface area contributed by atoms with Crippen molar-refractivity contribution in [3.8, 4) is 0 Å². The number of furan rings is 1. The molecule has 3 aromatic rings. The molecule has 3 nitrogen and oxygen atoms in total. The summed E-state index contributed by atoms with van der Waals surface area (Å²) in [5.41, 5.74) is 2.94. The highest BCUT2D eigenvalue weighted by molar-refractivity contribution is 7.07. The number of rotatable bonds is 3. The molecule has 0 aliphatic rings. The van der Waals surface area contributed by atoms with Crippen LogP contribution in [-0.4, -0.2) is 12.0 Å². The molecule has 0 saturated carbocycles. The number of aromatic nitrogens is 1. The predicted molar refractivity (Wildman–Crippen MR) is 69.2 cm³/mol. The summed E-state index contributed by atoms with van der Waals surface area (Å²) < 4.78 is 19.2. The van der Waals surface area contributed by atoms with E-state index < -0.39 is 0 Å². The van der Waals surface area contributed by atoms with Crippen molar-refractivity contribution in [3.05, 3.63) is 52.4 Å². The molecular formula is C13H11FN2OS. The van der Waals surface area contributed by atoms with Gasteiger partial charge in [0.2, 0.25) is 0 Å². The van der Waals surface area contributed by atoms with Gasteiger partial charge >= 0.3 is 0 Å². The Kier molecular flexibility index (Phi) is 2.85. The normalized spacial score (nSPS) is 13.0. The van der Waals surface area contributed by atoms with Gasteiger partial charge in [0, 0.05) is 10.8 Å². The van der Waals surface area contributed by atoms with E-state index in [0.717, 1.165) is 11.1 Å². The summed E-state index contributed by atoms with van der Waals surface area (Å²) in [6.45, 7) is 0. The van der Waals surface area contributed by atoms with Crippen LogP contribution in [0.2, 0.25) is 0 Å². The van der Waals surface area contributed by atoms with Crippen LogP contribution >= 0.6 is 11.3 Å². The molecule has 5 heteroatoms. The molecule has 0 bridgehead atoms. The van der Waals surface area contributed by atoms with Crippen molar-refractivity contribution in [2.24, 2.45) is 0 Å². The number of fused-ring (bicyclic) bond motifs is 1. The van der Waals surface area contributed by atoms with E-state index in [1.54, 1.807) is 11.6 Å². The zero-order valence-corrected chi connectivity index (χ0v) is 10.5. The van der Waals surface area contributed by atoms with Crippen LogP contribution in [-0.2, 0) is 0 Å². The van der Waals surface area contributed by atoms with Crippen molar-refractivity contribution in [1.82, 2.24) is 10.3 Å². The van der Waals surface area contributed by atoms with E-state index in [9.17, 15) is 4.39 Å². The van der Waals surface area contributed by atoms with Crippen LogP contribution in [0.25, 0.3) is 11.0 Å². The van der Waals surface area contributed by atoms with Gasteiger partial charge in [-0.05, 0) is 19.2 Å². The maximum atomic E-state index is 13.6. The van der Waals surface area contributed by atoms with Crippen molar-refractivity contribution in [2.75, 3.05) is 7.05 Å². The van der Waals surface area contributed by atoms with E-state index in [0.29, 0.717) is 11.3 Å². The molecule has 0 radical (unpaired) electrons. The Morgan fingerprint density at radius 3 is 3.00 bits per heavy atom. The maximum absolute atomic E-state index is 13.6. The van der Waals surface area contributed by atoms with Gasteiger partial charge in [0.1, 0.15) is 11.8 Å². The molecule has 0 amide bonds. The maximum Gasteiger partial charge on any atom is 0.169 e. The fraction of sp³-hybridized carbons (Fsp3) is 0.154. The molecule has 0 saturated heterocycles. The second-order valence-corrected chi connectivity index (χ2v) is 4.66. The first-order chi connectivity index (χ1) is 8.79. The summed E-state index contributed by atoms with van der Waals surface area (Å²) in [7, 11) is 1.83. The molecule has 1 aromatic carbocycles. The average Bonchev–Trinajstić information content (AvgIpc) is 3.00. The van der Waals surface area contributed by atoms with E-state index in [1.807, 2.05) is 24.6 Å². The first-order valence-corrected chi connectivity index (χ1v) is 6.47. The van der Waals surface area contributed by atoms with Gasteiger partial charge in [-0.25, -0.2) is 9.37 Å². The van der Waals surface area contributed by atoms with Crippen molar-refractivity contribution >= 4 is 22.3 Å². The molecule has 0 aliphatic heterocycles. The molecule has 0 fully saturated rings. The lowest BCUT2D eigenvalue weighted by atomic mass is 10.1. The first-order valence-electron chi connectivity index (χ1n) is 5.53. The molecule has 0 spiro atoms. The first kappa shape index (κ1) is 11.4. The molecule has 1 unspecified atom stereocenters. The topological polar surface area (TPSA) is 38.1 Å². The number of para-hydroxylation sites is 1. The average molecular weight is 262 g/mol. The van der Waals surface area contributed by atoms with E-state index in [-0.39, 0.29) is 11.9 Å². The van der Waals surface area contributed by atoms with Gasteiger partial charge in [0.05, 0.1) is 11.2 Å². The molecule has 1 atom stereocenters. The lowest BCUT2D eigenvalue weighted by Gasteiger charge is -2.09. The van der Waals surface area contributed by atoms with Crippen molar-refractivity contribution < 1.29 is 8.81 Å². The third-order valence-corrected chi connectivity index (χ3v) is 3.44. The number of hydrogen-bond donors (Lipinski definition) is 1. The third-order valence-electron chi connectivity index (χ3n) is 2.84. The summed E-state index contributed by atoms with van der Waals surface area (Å²) >= 11 is 1.52. The fourth-order valence-electron chi connectivity index (χ4n) is 1.99. The van der Waals surface area contributed by atoms with Gasteiger partial charge in [-0.1, -0.05) is 12.1 Å². The van der Waals surface area contributed by atoms with Gasteiger partial charge in [-0.3, -0.25) is 0 Å². The highest BCUT2D eigenvalue weighted by Crippen LogP contribution is 2.29. The van der Waals surface area contributed by atoms with Crippen LogP contribution in [0.3, 0.4) is 0 Å². The van der Waals surface area contributed by atoms with Crippen LogP contribution < -0.4 is 5.32 Å².